The van der Waals surface area contributed by atoms with Crippen molar-refractivity contribution in [1.29, 1.82) is 0 Å². The van der Waals surface area contributed by atoms with Crippen molar-refractivity contribution in [3.63, 3.8) is 0 Å². The number of amides is 1. The van der Waals surface area contributed by atoms with Gasteiger partial charge < -0.3 is 29.4 Å². The van der Waals surface area contributed by atoms with Crippen LogP contribution in [0.3, 0.4) is 0 Å². The fraction of sp³-hybridized carbons (Fsp3) is 0.333. The monoisotopic (exact) mass is 948 g/mol. The minimum absolute atomic E-state index is 0.0986. The molecule has 0 fully saturated rings. The van der Waals surface area contributed by atoms with Gasteiger partial charge in [0.2, 0.25) is 15.8 Å². The summed E-state index contributed by atoms with van der Waals surface area (Å²) >= 11 is 1.91. The lowest BCUT2D eigenvalue weighted by Crippen LogP contribution is -2.39. The lowest BCUT2D eigenvalue weighted by Gasteiger charge is -2.26. The van der Waals surface area contributed by atoms with Crippen LogP contribution in [0.2, 0.25) is 0 Å². The summed E-state index contributed by atoms with van der Waals surface area (Å²) in [6.45, 7) is 4.28. The molecule has 1 atom stereocenters. The molecule has 5 aromatic rings. The minimum atomic E-state index is -4.80. The second-order valence-electron chi connectivity index (χ2n) is 14.0. The Bertz CT molecular complexity index is 2360. The van der Waals surface area contributed by atoms with E-state index in [9.17, 15) is 18.3 Å². The Morgan fingerprint density at radius 2 is 1.31 bits per heavy atom. The quantitative estimate of drug-likeness (QED) is 0.117. The van der Waals surface area contributed by atoms with E-state index in [0.29, 0.717) is 31.9 Å². The van der Waals surface area contributed by atoms with E-state index < -0.39 is 59.7 Å². The number of carbonyl (C=O) groups is 1. The Morgan fingerprint density at radius 3 is 1.79 bits per heavy atom. The van der Waals surface area contributed by atoms with E-state index in [1.807, 2.05) is 34.7 Å². The first-order valence-electron chi connectivity index (χ1n) is 17.8. The van der Waals surface area contributed by atoms with Gasteiger partial charge in [0, 0.05) is 23.2 Å². The van der Waals surface area contributed by atoms with Gasteiger partial charge >= 0.3 is 6.09 Å². The number of nitrogens with zero attached hydrogens (tertiary/aromatic N) is 5. The number of ether oxygens (including phenoxy) is 4. The number of hydrogen-bond donors (Lipinski definition) is 2. The van der Waals surface area contributed by atoms with Crippen LogP contribution in [0, 0.1) is 3.57 Å². The summed E-state index contributed by atoms with van der Waals surface area (Å²) in [5.74, 6) is 0.683. The lowest BCUT2D eigenvalue weighted by molar-refractivity contribution is 0.0498. The van der Waals surface area contributed by atoms with Gasteiger partial charge in [0.05, 0.1) is 50.2 Å². The molecule has 1 heterocycles. The Morgan fingerprint density at radius 1 is 0.810 bits per heavy atom. The number of halogens is 1. The molecule has 0 saturated carbocycles. The van der Waals surface area contributed by atoms with Crippen LogP contribution in [0.4, 0.5) is 4.79 Å². The van der Waals surface area contributed by atoms with Crippen LogP contribution in [0.1, 0.15) is 37.5 Å². The predicted molar refractivity (Wildman–Crippen MR) is 223 cm³/mol. The third kappa shape index (κ3) is 11.4. The molecule has 16 nitrogen and oxygen atoms in total. The number of aromatic nitrogens is 4. The second kappa shape index (κ2) is 18.8. The Kier molecular flexibility index (Phi) is 14.4. The molecule has 0 radical (unpaired) electrons. The molecule has 58 heavy (non-hydrogen) atoms. The van der Waals surface area contributed by atoms with Crippen molar-refractivity contribution in [3.05, 3.63) is 105 Å². The number of hydrogen-bond acceptors (Lipinski definition) is 13. The fourth-order valence-electron chi connectivity index (χ4n) is 5.69. The normalized spacial score (nSPS) is 12.6. The standard InChI is InChI=1S/C39H45IN6O10S2/c1-39(2,3)56-38(48)41-21-29(47)25-57(49,50)34-20-19-33(40)35(37-42-44-46(43-37)24-28-11-17-32(55-6)18-12-28)36(34)58(51,52)45(22-26-7-13-30(53-4)14-8-26)23-27-9-15-31(54-5)16-10-27/h7-20,29,47H,21-25H2,1-6H3,(H,41,48)/t29-/m1/s1. The number of rotatable bonds is 17. The van der Waals surface area contributed by atoms with Crippen molar-refractivity contribution in [2.24, 2.45) is 0 Å². The van der Waals surface area contributed by atoms with Crippen LogP contribution in [-0.2, 0) is 44.2 Å². The van der Waals surface area contributed by atoms with E-state index in [4.69, 9.17) is 18.9 Å². The summed E-state index contributed by atoms with van der Waals surface area (Å²) in [6, 6.07) is 23.4. The maximum atomic E-state index is 15.4. The van der Waals surface area contributed by atoms with Gasteiger partial charge in [0.1, 0.15) is 27.7 Å². The van der Waals surface area contributed by atoms with Crippen molar-refractivity contribution in [3.8, 4) is 28.6 Å². The zero-order valence-corrected chi connectivity index (χ0v) is 36.5. The first-order valence-corrected chi connectivity index (χ1v) is 22.0. The number of tetrazole rings is 1. The molecule has 4 aromatic carbocycles. The number of benzene rings is 4. The highest BCUT2D eigenvalue weighted by molar-refractivity contribution is 14.1. The number of aliphatic hydroxyl groups is 1. The van der Waals surface area contributed by atoms with Crippen molar-refractivity contribution in [1.82, 2.24) is 29.8 Å². The van der Waals surface area contributed by atoms with Crippen LogP contribution in [0.25, 0.3) is 11.4 Å². The maximum absolute atomic E-state index is 15.4. The Hall–Kier alpha value is -4.83. The number of aliphatic hydroxyl groups excluding tert-OH is 1. The van der Waals surface area contributed by atoms with Crippen LogP contribution < -0.4 is 19.5 Å². The average Bonchev–Trinajstić information content (AvgIpc) is 3.64. The van der Waals surface area contributed by atoms with Crippen LogP contribution >= 0.6 is 22.6 Å². The van der Waals surface area contributed by atoms with Crippen LogP contribution in [0.5, 0.6) is 17.2 Å². The van der Waals surface area contributed by atoms with Crippen molar-refractivity contribution in [2.75, 3.05) is 33.6 Å². The van der Waals surface area contributed by atoms with E-state index in [0.717, 1.165) is 9.87 Å². The zero-order chi connectivity index (χ0) is 42.3. The summed E-state index contributed by atoms with van der Waals surface area (Å²) < 4.78 is 82.0. The van der Waals surface area contributed by atoms with E-state index in [2.05, 4.69) is 20.7 Å². The number of methoxy groups -OCH3 is 3. The molecule has 0 spiro atoms. The van der Waals surface area contributed by atoms with Gasteiger partial charge in [-0.3, -0.25) is 0 Å². The molecular weight excluding hydrogens is 903 g/mol. The van der Waals surface area contributed by atoms with E-state index >= 15 is 8.42 Å². The molecule has 0 saturated heterocycles. The summed E-state index contributed by atoms with van der Waals surface area (Å²) in [4.78, 5) is 12.4. The number of sulfonamides is 1. The molecule has 0 aliphatic heterocycles. The molecule has 2 N–H and O–H groups in total. The van der Waals surface area contributed by atoms with Gasteiger partial charge in [0.25, 0.3) is 0 Å². The van der Waals surface area contributed by atoms with Crippen molar-refractivity contribution in [2.45, 2.75) is 61.9 Å². The third-order valence-corrected chi connectivity index (χ3v) is 13.2. The topological polar surface area (TPSA) is 201 Å². The molecule has 1 aromatic heterocycles. The summed E-state index contributed by atoms with van der Waals surface area (Å²) in [5, 5.41) is 26.2. The van der Waals surface area contributed by atoms with Gasteiger partial charge in [-0.15, -0.1) is 10.2 Å². The van der Waals surface area contributed by atoms with Crippen molar-refractivity contribution >= 4 is 48.5 Å². The zero-order valence-electron chi connectivity index (χ0n) is 32.7. The summed E-state index contributed by atoms with van der Waals surface area (Å²) in [7, 11) is -4.84. The van der Waals surface area contributed by atoms with E-state index in [1.54, 1.807) is 88.5 Å². The van der Waals surface area contributed by atoms with Crippen molar-refractivity contribution < 1.29 is 45.7 Å². The summed E-state index contributed by atoms with van der Waals surface area (Å²) in [5.41, 5.74) is 1.03. The number of sulfone groups is 1. The molecular formula is C39H45IN6O10S2. The highest BCUT2D eigenvalue weighted by atomic mass is 127. The highest BCUT2D eigenvalue weighted by Crippen LogP contribution is 2.38. The number of carbonyl (C=O) groups excluding carboxylic acids is 1. The van der Waals surface area contributed by atoms with Crippen LogP contribution in [-0.4, -0.2) is 97.9 Å². The van der Waals surface area contributed by atoms with Crippen LogP contribution in [0.15, 0.2) is 94.7 Å². The van der Waals surface area contributed by atoms with Gasteiger partial charge in [0.15, 0.2) is 9.84 Å². The molecule has 310 valence electrons. The van der Waals surface area contributed by atoms with E-state index in [1.165, 1.54) is 31.1 Å². The Balaban J connectivity index is 1.64. The molecule has 0 bridgehead atoms. The van der Waals surface area contributed by atoms with Gasteiger partial charge in [-0.1, -0.05) is 36.4 Å². The van der Waals surface area contributed by atoms with Gasteiger partial charge in [-0.05, 0) is 114 Å². The largest absolute Gasteiger partial charge is 0.497 e. The second-order valence-corrected chi connectivity index (χ2v) is 19.1. The lowest BCUT2D eigenvalue weighted by atomic mass is 10.2. The smallest absolute Gasteiger partial charge is 0.407 e. The third-order valence-electron chi connectivity index (χ3n) is 8.49. The van der Waals surface area contributed by atoms with E-state index in [-0.39, 0.29) is 31.0 Å². The first kappa shape index (κ1) is 44.3. The molecule has 1 amide bonds. The number of nitrogens with one attached hydrogen (secondary N) is 1. The SMILES string of the molecule is COc1ccc(CN(Cc2ccc(OC)cc2)S(=O)(=O)c2c(S(=O)(=O)C[C@H](O)CNC(=O)OC(C)(C)C)ccc(I)c2-c2nnn(Cc3ccc(OC)cc3)n2)cc1. The minimum Gasteiger partial charge on any atom is -0.497 e. The average molecular weight is 949 g/mol. The molecule has 0 aliphatic carbocycles. The molecule has 5 rings (SSSR count). The molecule has 0 unspecified atom stereocenters. The van der Waals surface area contributed by atoms with Gasteiger partial charge in [-0.25, -0.2) is 21.6 Å². The number of alkyl carbamates (subject to hydrolysis) is 1. The maximum Gasteiger partial charge on any atom is 0.407 e. The molecule has 19 heteroatoms. The van der Waals surface area contributed by atoms with Gasteiger partial charge in [-0.2, -0.15) is 9.10 Å². The predicted octanol–water partition coefficient (Wildman–Crippen LogP) is 5.07. The first-order chi connectivity index (χ1) is 27.4. The summed E-state index contributed by atoms with van der Waals surface area (Å²) in [6.07, 6.45) is -2.51. The fourth-order valence-corrected chi connectivity index (χ4v) is 10.4. The highest BCUT2D eigenvalue weighted by Gasteiger charge is 2.38. The molecule has 0 aliphatic rings. The Labute approximate surface area is 351 Å².